The third-order valence-corrected chi connectivity index (χ3v) is 3.13. The molecule has 1 aromatic rings. The predicted octanol–water partition coefficient (Wildman–Crippen LogP) is 2.61. The van der Waals surface area contributed by atoms with Crippen LogP contribution in [0.15, 0.2) is 18.2 Å². The molecule has 0 aliphatic rings. The third-order valence-electron chi connectivity index (χ3n) is 3.13. The lowest BCUT2D eigenvalue weighted by molar-refractivity contribution is -0.384. The molecule has 0 radical (unpaired) electrons. The number of methoxy groups -OCH3 is 1. The Balaban J connectivity index is 3.18. The second kappa shape index (κ2) is 6.70. The highest BCUT2D eigenvalue weighted by atomic mass is 16.6. The Morgan fingerprint density at radius 1 is 1.57 bits per heavy atom. The molecule has 1 rings (SSSR count). The zero-order valence-electron chi connectivity index (χ0n) is 12.2. The van der Waals surface area contributed by atoms with Gasteiger partial charge in [-0.1, -0.05) is 13.3 Å². The van der Waals surface area contributed by atoms with Gasteiger partial charge in [0.25, 0.3) is 5.69 Å². The molecule has 21 heavy (non-hydrogen) atoms. The number of carbonyl (C=O) groups excluding carboxylic acids is 1. The summed E-state index contributed by atoms with van der Waals surface area (Å²) in [5.74, 6) is -0.452. The van der Waals surface area contributed by atoms with Gasteiger partial charge in [-0.3, -0.25) is 10.1 Å². The van der Waals surface area contributed by atoms with Crippen LogP contribution in [0, 0.1) is 21.4 Å². The Morgan fingerprint density at radius 2 is 2.24 bits per heavy atom. The minimum Gasteiger partial charge on any atom is -0.467 e. The number of nitriles is 1. The fraction of sp³-hybridized carbons (Fsp3) is 0.429. The minimum atomic E-state index is -0.995. The second-order valence-electron chi connectivity index (χ2n) is 4.80. The number of non-ortho nitro benzene ring substituents is 1. The van der Waals surface area contributed by atoms with Crippen molar-refractivity contribution in [1.29, 1.82) is 5.26 Å². The lowest BCUT2D eigenvalue weighted by Gasteiger charge is -2.29. The van der Waals surface area contributed by atoms with Gasteiger partial charge in [0.05, 0.1) is 23.3 Å². The zero-order valence-corrected chi connectivity index (χ0v) is 12.2. The largest absolute Gasteiger partial charge is 0.467 e. The highest BCUT2D eigenvalue weighted by Crippen LogP contribution is 2.27. The van der Waals surface area contributed by atoms with Gasteiger partial charge in [-0.05, 0) is 19.4 Å². The van der Waals surface area contributed by atoms with E-state index in [0.717, 1.165) is 6.42 Å². The van der Waals surface area contributed by atoms with E-state index in [1.165, 1.54) is 25.3 Å². The first-order valence-electron chi connectivity index (χ1n) is 6.43. The number of nitro groups is 1. The molecule has 7 nitrogen and oxygen atoms in total. The van der Waals surface area contributed by atoms with Gasteiger partial charge in [-0.15, -0.1) is 0 Å². The minimum absolute atomic E-state index is 0.107. The van der Waals surface area contributed by atoms with Gasteiger partial charge in [0, 0.05) is 12.1 Å². The van der Waals surface area contributed by atoms with Crippen molar-refractivity contribution in [3.05, 3.63) is 33.9 Å². The lowest BCUT2D eigenvalue weighted by atomic mass is 9.95. The molecular weight excluding hydrogens is 274 g/mol. The molecule has 0 aliphatic carbocycles. The van der Waals surface area contributed by atoms with Crippen LogP contribution in [-0.4, -0.2) is 23.5 Å². The van der Waals surface area contributed by atoms with E-state index in [-0.39, 0.29) is 11.3 Å². The highest BCUT2D eigenvalue weighted by molar-refractivity contribution is 5.84. The van der Waals surface area contributed by atoms with E-state index in [1.54, 1.807) is 6.92 Å². The Morgan fingerprint density at radius 3 is 2.71 bits per heavy atom. The van der Waals surface area contributed by atoms with Crippen molar-refractivity contribution in [1.82, 2.24) is 0 Å². The summed E-state index contributed by atoms with van der Waals surface area (Å²) in [4.78, 5) is 22.1. The van der Waals surface area contributed by atoms with Crippen LogP contribution in [0.2, 0.25) is 0 Å². The monoisotopic (exact) mass is 291 g/mol. The molecule has 7 heteroatoms. The molecule has 0 spiro atoms. The summed E-state index contributed by atoms with van der Waals surface area (Å²) in [5.41, 5.74) is -0.696. The summed E-state index contributed by atoms with van der Waals surface area (Å²) in [6.45, 7) is 3.59. The fourth-order valence-corrected chi connectivity index (χ4v) is 2.09. The van der Waals surface area contributed by atoms with Crippen molar-refractivity contribution >= 4 is 17.3 Å². The molecule has 1 N–H and O–H groups in total. The highest BCUT2D eigenvalue weighted by Gasteiger charge is 2.34. The number of nitrogens with zero attached hydrogens (tertiary/aromatic N) is 2. The molecule has 0 saturated carbocycles. The molecule has 1 unspecified atom stereocenters. The number of anilines is 1. The fourth-order valence-electron chi connectivity index (χ4n) is 2.09. The van der Waals surface area contributed by atoms with E-state index in [1.807, 2.05) is 13.0 Å². The second-order valence-corrected chi connectivity index (χ2v) is 4.80. The number of hydrogen-bond donors (Lipinski definition) is 1. The van der Waals surface area contributed by atoms with Crippen molar-refractivity contribution in [3.63, 3.8) is 0 Å². The Bertz CT molecular complexity index is 594. The summed E-state index contributed by atoms with van der Waals surface area (Å²) >= 11 is 0. The van der Waals surface area contributed by atoms with Gasteiger partial charge >= 0.3 is 5.97 Å². The van der Waals surface area contributed by atoms with Gasteiger partial charge in [0.2, 0.25) is 0 Å². The normalized spacial score (nSPS) is 12.9. The number of esters is 1. The lowest BCUT2D eigenvalue weighted by Crippen LogP contribution is -2.44. The van der Waals surface area contributed by atoms with E-state index < -0.39 is 16.4 Å². The van der Waals surface area contributed by atoms with Gasteiger partial charge < -0.3 is 10.1 Å². The van der Waals surface area contributed by atoms with Crippen LogP contribution in [0.4, 0.5) is 11.4 Å². The van der Waals surface area contributed by atoms with Crippen molar-refractivity contribution in [2.45, 2.75) is 32.2 Å². The van der Waals surface area contributed by atoms with Crippen molar-refractivity contribution in [2.24, 2.45) is 0 Å². The summed E-state index contributed by atoms with van der Waals surface area (Å²) in [7, 11) is 1.29. The third kappa shape index (κ3) is 3.69. The maximum absolute atomic E-state index is 11.9. The van der Waals surface area contributed by atoms with Crippen LogP contribution in [0.3, 0.4) is 0 Å². The zero-order chi connectivity index (χ0) is 16.0. The first kappa shape index (κ1) is 16.4. The topological polar surface area (TPSA) is 105 Å². The van der Waals surface area contributed by atoms with Crippen LogP contribution in [0.5, 0.6) is 0 Å². The molecule has 0 bridgehead atoms. The van der Waals surface area contributed by atoms with Crippen molar-refractivity contribution in [2.75, 3.05) is 12.4 Å². The van der Waals surface area contributed by atoms with Gasteiger partial charge in [-0.2, -0.15) is 5.26 Å². The van der Waals surface area contributed by atoms with E-state index in [4.69, 9.17) is 10.00 Å². The molecule has 0 aliphatic heterocycles. The first-order valence-corrected chi connectivity index (χ1v) is 6.43. The van der Waals surface area contributed by atoms with Crippen LogP contribution in [-0.2, 0) is 9.53 Å². The number of rotatable bonds is 6. The van der Waals surface area contributed by atoms with Crippen LogP contribution < -0.4 is 5.32 Å². The maximum Gasteiger partial charge on any atom is 0.331 e. The summed E-state index contributed by atoms with van der Waals surface area (Å²) in [5, 5.41) is 22.8. The van der Waals surface area contributed by atoms with Crippen molar-refractivity contribution in [3.8, 4) is 6.07 Å². The average Bonchev–Trinajstić information content (AvgIpc) is 2.46. The van der Waals surface area contributed by atoms with E-state index >= 15 is 0 Å². The van der Waals surface area contributed by atoms with E-state index in [2.05, 4.69) is 5.32 Å². The molecule has 0 aromatic heterocycles. The predicted molar refractivity (Wildman–Crippen MR) is 76.8 cm³/mol. The smallest absolute Gasteiger partial charge is 0.331 e. The molecule has 0 fully saturated rings. The number of nitro benzene ring substituents is 1. The number of benzene rings is 1. The average molecular weight is 291 g/mol. The number of ether oxygens (including phenoxy) is 1. The Hall–Kier alpha value is -2.62. The summed E-state index contributed by atoms with van der Waals surface area (Å²) in [6, 6.07) is 5.77. The van der Waals surface area contributed by atoms with Crippen LogP contribution in [0.25, 0.3) is 0 Å². The van der Waals surface area contributed by atoms with Gasteiger partial charge in [-0.25, -0.2) is 4.79 Å². The summed E-state index contributed by atoms with van der Waals surface area (Å²) in [6.07, 6.45) is 1.23. The molecule has 1 aromatic carbocycles. The van der Waals surface area contributed by atoms with Crippen LogP contribution >= 0.6 is 0 Å². The van der Waals surface area contributed by atoms with Crippen LogP contribution in [0.1, 0.15) is 32.3 Å². The first-order chi connectivity index (χ1) is 9.87. The molecule has 112 valence electrons. The maximum atomic E-state index is 11.9. The van der Waals surface area contributed by atoms with Gasteiger partial charge in [0.15, 0.2) is 0 Å². The number of nitrogens with one attached hydrogen (secondary N) is 1. The quantitative estimate of drug-likeness (QED) is 0.490. The van der Waals surface area contributed by atoms with E-state index in [0.29, 0.717) is 12.1 Å². The number of carbonyl (C=O) groups is 1. The molecule has 0 amide bonds. The molecule has 0 heterocycles. The molecule has 1 atom stereocenters. The number of hydrogen-bond acceptors (Lipinski definition) is 6. The SMILES string of the molecule is CCCC(C)(Nc1ccc([N+](=O)[O-])cc1C#N)C(=O)OC. The molecular formula is C14H17N3O4. The standard InChI is InChI=1S/C14H17N3O4/c1-4-7-14(2,13(18)21-3)16-12-6-5-11(17(19)20)8-10(12)9-15/h5-6,8,16H,4,7H2,1-3H3. The van der Waals surface area contributed by atoms with E-state index in [9.17, 15) is 14.9 Å². The molecule has 0 saturated heterocycles. The summed E-state index contributed by atoms with van der Waals surface area (Å²) < 4.78 is 4.78. The van der Waals surface area contributed by atoms with Crippen molar-refractivity contribution < 1.29 is 14.5 Å². The van der Waals surface area contributed by atoms with Gasteiger partial charge in [0.1, 0.15) is 11.6 Å². The Labute approximate surface area is 122 Å². The Kier molecular flexibility index (Phi) is 5.24.